The first kappa shape index (κ1) is 12.4. The molecule has 1 aliphatic heterocycles. The van der Waals surface area contributed by atoms with Crippen LogP contribution in [0.2, 0.25) is 0 Å². The maximum atomic E-state index is 10.2. The van der Waals surface area contributed by atoms with Crippen LogP contribution in [0.15, 0.2) is 0 Å². The Morgan fingerprint density at radius 1 is 1.53 bits per heavy atom. The zero-order valence-electron chi connectivity index (χ0n) is 10.0. The second-order valence-corrected chi connectivity index (χ2v) is 4.17. The van der Waals surface area contributed by atoms with Crippen LogP contribution in [-0.2, 0) is 9.47 Å². The van der Waals surface area contributed by atoms with Gasteiger partial charge in [-0.25, -0.2) is 4.68 Å². The van der Waals surface area contributed by atoms with Crippen molar-refractivity contribution >= 4 is 0 Å². The van der Waals surface area contributed by atoms with Gasteiger partial charge in [-0.15, -0.1) is 5.10 Å². The van der Waals surface area contributed by atoms with Crippen LogP contribution in [0.5, 0.6) is 0 Å². The van der Waals surface area contributed by atoms with Crippen LogP contribution in [0.1, 0.15) is 18.8 Å². The molecule has 0 aliphatic carbocycles. The minimum atomic E-state index is -0.828. The van der Waals surface area contributed by atoms with Gasteiger partial charge in [-0.2, -0.15) is 0 Å². The molecule has 2 rings (SSSR count). The summed E-state index contributed by atoms with van der Waals surface area (Å²) in [4.78, 5) is 0. The van der Waals surface area contributed by atoms with E-state index in [9.17, 15) is 5.11 Å². The quantitative estimate of drug-likeness (QED) is 0.657. The van der Waals surface area contributed by atoms with E-state index in [2.05, 4.69) is 15.5 Å². The largest absolute Gasteiger partial charge is 0.389 e. The summed E-state index contributed by atoms with van der Waals surface area (Å²) in [5.41, 5.74) is 5.87. The molecule has 8 nitrogen and oxygen atoms in total. The second kappa shape index (κ2) is 4.65. The number of nitrogens with two attached hydrogens (primary N) is 1. The number of aromatic nitrogens is 4. The molecule has 0 saturated carbocycles. The molecule has 17 heavy (non-hydrogen) atoms. The predicted molar refractivity (Wildman–Crippen MR) is 56.9 cm³/mol. The van der Waals surface area contributed by atoms with Gasteiger partial charge in [0.25, 0.3) is 0 Å². The minimum absolute atomic E-state index is 0.289. The van der Waals surface area contributed by atoms with Crippen LogP contribution < -0.4 is 5.73 Å². The van der Waals surface area contributed by atoms with Crippen LogP contribution in [0.4, 0.5) is 0 Å². The van der Waals surface area contributed by atoms with Crippen LogP contribution in [0.3, 0.4) is 0 Å². The van der Waals surface area contributed by atoms with E-state index in [1.54, 1.807) is 13.8 Å². The van der Waals surface area contributed by atoms with E-state index in [0.717, 1.165) is 0 Å². The van der Waals surface area contributed by atoms with Gasteiger partial charge < -0.3 is 20.3 Å². The third-order valence-electron chi connectivity index (χ3n) is 3.09. The molecule has 1 aromatic rings. The average Bonchev–Trinajstić information content (AvgIpc) is 2.72. The Hall–Kier alpha value is -1.09. The number of hydrogen-bond donors (Lipinski definition) is 2. The molecule has 0 aromatic carbocycles. The Kier molecular flexibility index (Phi) is 3.38. The van der Waals surface area contributed by atoms with E-state index in [1.807, 2.05) is 0 Å². The second-order valence-electron chi connectivity index (χ2n) is 4.17. The molecule has 1 saturated heterocycles. The lowest BCUT2D eigenvalue weighted by molar-refractivity contribution is -0.235. The third kappa shape index (κ3) is 2.04. The molecule has 1 aliphatic rings. The van der Waals surface area contributed by atoms with Gasteiger partial charge in [0.2, 0.25) is 0 Å². The van der Waals surface area contributed by atoms with Crippen molar-refractivity contribution in [1.29, 1.82) is 0 Å². The lowest BCUT2D eigenvalue weighted by atomic mass is 9.96. The normalized spacial score (nSPS) is 38.3. The Morgan fingerprint density at radius 2 is 2.24 bits per heavy atom. The minimum Gasteiger partial charge on any atom is -0.389 e. The molecule has 0 radical (unpaired) electrons. The van der Waals surface area contributed by atoms with Crippen molar-refractivity contribution in [2.75, 3.05) is 7.11 Å². The van der Waals surface area contributed by atoms with E-state index >= 15 is 0 Å². The van der Waals surface area contributed by atoms with Crippen molar-refractivity contribution in [2.45, 2.75) is 44.4 Å². The number of rotatable bonds is 2. The number of nitrogens with zero attached hydrogens (tertiary/aromatic N) is 4. The highest BCUT2D eigenvalue weighted by Crippen LogP contribution is 2.29. The Balaban J connectivity index is 2.32. The van der Waals surface area contributed by atoms with Gasteiger partial charge in [0.05, 0.1) is 18.2 Å². The van der Waals surface area contributed by atoms with Crippen molar-refractivity contribution in [3.8, 4) is 0 Å². The molecule has 5 atom stereocenters. The van der Waals surface area contributed by atoms with E-state index in [4.69, 9.17) is 15.2 Å². The number of tetrazole rings is 1. The van der Waals surface area contributed by atoms with Crippen molar-refractivity contribution in [3.05, 3.63) is 5.82 Å². The number of aliphatic hydroxyl groups is 1. The van der Waals surface area contributed by atoms with Gasteiger partial charge >= 0.3 is 0 Å². The van der Waals surface area contributed by atoms with Crippen molar-refractivity contribution in [2.24, 2.45) is 5.73 Å². The van der Waals surface area contributed by atoms with Crippen LogP contribution in [0, 0.1) is 6.92 Å². The molecule has 1 fully saturated rings. The fourth-order valence-electron chi connectivity index (χ4n) is 2.02. The average molecular weight is 243 g/mol. The summed E-state index contributed by atoms with van der Waals surface area (Å²) in [7, 11) is 1.51. The maximum Gasteiger partial charge on any atom is 0.182 e. The molecular formula is C9H17N5O3. The summed E-state index contributed by atoms with van der Waals surface area (Å²) < 4.78 is 12.3. The van der Waals surface area contributed by atoms with Crippen LogP contribution in [-0.4, -0.2) is 57.0 Å². The van der Waals surface area contributed by atoms with E-state index in [1.165, 1.54) is 11.8 Å². The van der Waals surface area contributed by atoms with E-state index < -0.39 is 24.5 Å². The van der Waals surface area contributed by atoms with Gasteiger partial charge in [0.1, 0.15) is 11.9 Å². The molecule has 3 N–H and O–H groups in total. The highest BCUT2D eigenvalue weighted by molar-refractivity contribution is 4.95. The van der Waals surface area contributed by atoms with Crippen LogP contribution >= 0.6 is 0 Å². The first-order valence-electron chi connectivity index (χ1n) is 5.42. The lowest BCUT2D eigenvalue weighted by Gasteiger charge is -2.41. The molecule has 8 heteroatoms. The molecule has 1 aromatic heterocycles. The van der Waals surface area contributed by atoms with Gasteiger partial charge in [-0.1, -0.05) is 0 Å². The highest BCUT2D eigenvalue weighted by atomic mass is 16.7. The topological polar surface area (TPSA) is 108 Å². The highest BCUT2D eigenvalue weighted by Gasteiger charge is 2.44. The van der Waals surface area contributed by atoms with Gasteiger partial charge in [-0.3, -0.25) is 0 Å². The molecular weight excluding hydrogens is 226 g/mol. The smallest absolute Gasteiger partial charge is 0.182 e. The van der Waals surface area contributed by atoms with Crippen molar-refractivity contribution < 1.29 is 14.6 Å². The number of ether oxygens (including phenoxy) is 2. The summed E-state index contributed by atoms with van der Waals surface area (Å²) in [5, 5.41) is 21.4. The zero-order chi connectivity index (χ0) is 12.6. The molecule has 96 valence electrons. The number of aliphatic hydroxyl groups excluding tert-OH is 1. The fraction of sp³-hybridized carbons (Fsp3) is 0.889. The molecule has 0 bridgehead atoms. The zero-order valence-corrected chi connectivity index (χ0v) is 10.0. The Bertz CT molecular complexity index is 382. The monoisotopic (exact) mass is 243 g/mol. The van der Waals surface area contributed by atoms with Crippen molar-refractivity contribution in [1.82, 2.24) is 20.2 Å². The van der Waals surface area contributed by atoms with Gasteiger partial charge in [-0.05, 0) is 24.3 Å². The maximum absolute atomic E-state index is 10.2. The summed E-state index contributed by atoms with van der Waals surface area (Å²) in [5.74, 6) is 0.571. The summed E-state index contributed by atoms with van der Waals surface area (Å²) in [6, 6.07) is -1.05. The van der Waals surface area contributed by atoms with Crippen molar-refractivity contribution in [3.63, 3.8) is 0 Å². The Morgan fingerprint density at radius 3 is 2.76 bits per heavy atom. The van der Waals surface area contributed by atoms with Crippen LogP contribution in [0.25, 0.3) is 0 Å². The number of hydrogen-bond acceptors (Lipinski definition) is 7. The summed E-state index contributed by atoms with van der Waals surface area (Å²) >= 11 is 0. The molecule has 2 heterocycles. The SMILES string of the molecule is CO[C@@H]1O[C@H](C)[C@H](N)[C@H](O)[C@H]1n1nnnc1C. The number of aryl methyl sites for hydroxylation is 1. The van der Waals surface area contributed by atoms with E-state index in [0.29, 0.717) is 5.82 Å². The first-order valence-corrected chi connectivity index (χ1v) is 5.42. The molecule has 0 spiro atoms. The predicted octanol–water partition coefficient (Wildman–Crippen LogP) is -1.40. The summed E-state index contributed by atoms with van der Waals surface area (Å²) in [6.07, 6.45) is -1.74. The van der Waals surface area contributed by atoms with E-state index in [-0.39, 0.29) is 6.10 Å². The Labute approximate surface area is 98.7 Å². The summed E-state index contributed by atoms with van der Waals surface area (Å²) in [6.45, 7) is 3.53. The van der Waals surface area contributed by atoms with Gasteiger partial charge in [0, 0.05) is 7.11 Å². The van der Waals surface area contributed by atoms with Gasteiger partial charge in [0.15, 0.2) is 6.29 Å². The standard InChI is InChI=1S/C9H17N5O3/c1-4-6(10)8(15)7(9(16-3)17-4)14-5(2)11-12-13-14/h4,6-9,15H,10H2,1-3H3/t4-,6+,7-,8+,9-/m1/s1. The first-order chi connectivity index (χ1) is 8.06. The fourth-order valence-corrected chi connectivity index (χ4v) is 2.02. The number of methoxy groups -OCH3 is 1. The lowest BCUT2D eigenvalue weighted by Crippen LogP contribution is -2.58. The third-order valence-corrected chi connectivity index (χ3v) is 3.09. The molecule has 0 amide bonds. The molecule has 0 unspecified atom stereocenters.